The van der Waals surface area contributed by atoms with E-state index in [4.69, 9.17) is 4.98 Å². The van der Waals surface area contributed by atoms with Crippen molar-refractivity contribution in [2.24, 2.45) is 0 Å². The number of nitrogens with zero attached hydrogens (tertiary/aromatic N) is 2. The lowest BCUT2D eigenvalue weighted by Crippen LogP contribution is -2.39. The molecule has 3 aromatic rings. The number of benzene rings is 2. The number of halogens is 2. The Morgan fingerprint density at radius 1 is 1.24 bits per heavy atom. The van der Waals surface area contributed by atoms with E-state index in [1.54, 1.807) is 29.5 Å². The summed E-state index contributed by atoms with van der Waals surface area (Å²) in [5, 5.41) is 3.79. The van der Waals surface area contributed by atoms with Gasteiger partial charge in [0.1, 0.15) is 5.75 Å². The Bertz CT molecular complexity index is 962. The molecule has 4 rings (SSSR count). The maximum atomic E-state index is 12.5. The number of ether oxygens (including phenoxy) is 1. The van der Waals surface area contributed by atoms with Crippen molar-refractivity contribution in [3.63, 3.8) is 0 Å². The van der Waals surface area contributed by atoms with Gasteiger partial charge in [0.25, 0.3) is 0 Å². The van der Waals surface area contributed by atoms with Crippen LogP contribution in [0.15, 0.2) is 48.5 Å². The molecule has 5 nitrogen and oxygen atoms in total. The maximum absolute atomic E-state index is 12.5. The minimum atomic E-state index is -2.94. The number of alkyl halides is 2. The fraction of sp³-hybridized carbons (Fsp3) is 0.333. The second kappa shape index (κ2) is 8.84. The lowest BCUT2D eigenvalue weighted by Gasteiger charge is -2.31. The standard InChI is InChI=1S/C21H21F2N3O2S/c22-21(23)28-17-9-3-1-7-15(17)24-19(27)13-26-11-5-6-14(12-26)20-25-16-8-2-4-10-18(16)29-20/h1-4,7-10,14,21H,5-6,11-13H2,(H,24,27)/t14-/m1/s1. The van der Waals surface area contributed by atoms with Crippen molar-refractivity contribution in [3.8, 4) is 5.75 Å². The van der Waals surface area contributed by atoms with Gasteiger partial charge in [-0.15, -0.1) is 11.3 Å². The molecule has 1 aromatic heterocycles. The number of hydrogen-bond acceptors (Lipinski definition) is 5. The summed E-state index contributed by atoms with van der Waals surface area (Å²) >= 11 is 1.71. The van der Waals surface area contributed by atoms with Crippen LogP contribution in [0.2, 0.25) is 0 Å². The van der Waals surface area contributed by atoms with Crippen LogP contribution in [-0.4, -0.2) is 42.0 Å². The maximum Gasteiger partial charge on any atom is 0.387 e. The van der Waals surface area contributed by atoms with Gasteiger partial charge in [-0.2, -0.15) is 8.78 Å². The van der Waals surface area contributed by atoms with Crippen LogP contribution >= 0.6 is 11.3 Å². The van der Waals surface area contributed by atoms with Gasteiger partial charge in [-0.1, -0.05) is 24.3 Å². The van der Waals surface area contributed by atoms with Gasteiger partial charge in [0.15, 0.2) is 0 Å². The average molecular weight is 417 g/mol. The third-order valence-electron chi connectivity index (χ3n) is 4.91. The first kappa shape index (κ1) is 19.7. The molecular formula is C21H21F2N3O2S. The molecule has 0 aliphatic carbocycles. The minimum absolute atomic E-state index is 0.0400. The van der Waals surface area contributed by atoms with E-state index in [9.17, 15) is 13.6 Å². The van der Waals surface area contributed by atoms with Crippen LogP contribution in [0.25, 0.3) is 10.2 Å². The quantitative estimate of drug-likeness (QED) is 0.631. The number of carbonyl (C=O) groups excluding carboxylic acids is 1. The smallest absolute Gasteiger partial charge is 0.387 e. The Labute approximate surface area is 171 Å². The van der Waals surface area contributed by atoms with Crippen molar-refractivity contribution in [2.45, 2.75) is 25.4 Å². The van der Waals surface area contributed by atoms with Crippen LogP contribution in [0.1, 0.15) is 23.8 Å². The van der Waals surface area contributed by atoms with Gasteiger partial charge in [-0.3, -0.25) is 9.69 Å². The van der Waals surface area contributed by atoms with E-state index in [-0.39, 0.29) is 23.9 Å². The molecular weight excluding hydrogens is 396 g/mol. The third-order valence-corrected chi connectivity index (χ3v) is 6.11. The summed E-state index contributed by atoms with van der Waals surface area (Å²) in [6, 6.07) is 14.3. The lowest BCUT2D eigenvalue weighted by atomic mass is 9.99. The molecule has 29 heavy (non-hydrogen) atoms. The zero-order valence-corrected chi connectivity index (χ0v) is 16.5. The van der Waals surface area contributed by atoms with Crippen LogP contribution in [0.4, 0.5) is 14.5 Å². The molecule has 0 spiro atoms. The van der Waals surface area contributed by atoms with Crippen molar-refractivity contribution < 1.29 is 18.3 Å². The topological polar surface area (TPSA) is 54.5 Å². The van der Waals surface area contributed by atoms with Crippen molar-refractivity contribution in [3.05, 3.63) is 53.5 Å². The summed E-state index contributed by atoms with van der Waals surface area (Å²) in [6.45, 7) is -1.17. The molecule has 8 heteroatoms. The Morgan fingerprint density at radius 3 is 2.86 bits per heavy atom. The molecule has 0 saturated carbocycles. The molecule has 1 aliphatic heterocycles. The highest BCUT2D eigenvalue weighted by atomic mass is 32.1. The number of piperidine rings is 1. The highest BCUT2D eigenvalue weighted by Crippen LogP contribution is 2.33. The SMILES string of the molecule is O=C(CN1CCC[C@@H](c2nc3ccccc3s2)C1)Nc1ccccc1OC(F)F. The van der Waals surface area contributed by atoms with E-state index < -0.39 is 6.61 Å². The fourth-order valence-electron chi connectivity index (χ4n) is 3.63. The predicted octanol–water partition coefficient (Wildman–Crippen LogP) is 4.72. The number of fused-ring (bicyclic) bond motifs is 1. The molecule has 152 valence electrons. The Balaban J connectivity index is 1.39. The first-order chi connectivity index (χ1) is 14.1. The summed E-state index contributed by atoms with van der Waals surface area (Å²) in [4.78, 5) is 19.3. The van der Waals surface area contributed by atoms with Crippen molar-refractivity contribution in [2.75, 3.05) is 25.0 Å². The molecule has 0 unspecified atom stereocenters. The van der Waals surface area contributed by atoms with Crippen molar-refractivity contribution >= 4 is 33.1 Å². The number of likely N-dealkylation sites (tertiary alicyclic amines) is 1. The molecule has 1 saturated heterocycles. The largest absolute Gasteiger partial charge is 0.433 e. The van der Waals surface area contributed by atoms with Crippen LogP contribution in [0, 0.1) is 0 Å². The van der Waals surface area contributed by atoms with Crippen molar-refractivity contribution in [1.29, 1.82) is 0 Å². The van der Waals surface area contributed by atoms with E-state index in [2.05, 4.69) is 21.0 Å². The van der Waals surface area contributed by atoms with Gasteiger partial charge in [0.05, 0.1) is 27.5 Å². The van der Waals surface area contributed by atoms with Gasteiger partial charge >= 0.3 is 6.61 Å². The van der Waals surface area contributed by atoms with E-state index in [0.29, 0.717) is 5.92 Å². The number of carbonyl (C=O) groups is 1. The van der Waals surface area contributed by atoms with E-state index >= 15 is 0 Å². The van der Waals surface area contributed by atoms with Gasteiger partial charge in [-0.25, -0.2) is 4.98 Å². The van der Waals surface area contributed by atoms with Gasteiger partial charge in [0.2, 0.25) is 5.91 Å². The number of aromatic nitrogens is 1. The molecule has 0 bridgehead atoms. The van der Waals surface area contributed by atoms with Gasteiger partial charge in [0, 0.05) is 12.5 Å². The molecule has 1 amide bonds. The molecule has 2 heterocycles. The highest BCUT2D eigenvalue weighted by Gasteiger charge is 2.25. The zero-order chi connectivity index (χ0) is 20.2. The second-order valence-corrected chi connectivity index (χ2v) is 8.08. The van der Waals surface area contributed by atoms with Gasteiger partial charge < -0.3 is 10.1 Å². The Kier molecular flexibility index (Phi) is 6.01. The lowest BCUT2D eigenvalue weighted by molar-refractivity contribution is -0.117. The fourth-order valence-corrected chi connectivity index (χ4v) is 4.72. The summed E-state index contributed by atoms with van der Waals surface area (Å²) in [7, 11) is 0. The third kappa shape index (κ3) is 4.89. The number of hydrogen-bond donors (Lipinski definition) is 1. The van der Waals surface area contributed by atoms with Crippen LogP contribution in [0.5, 0.6) is 5.75 Å². The summed E-state index contributed by atoms with van der Waals surface area (Å²) in [5.74, 6) is 0.00511. The molecule has 1 fully saturated rings. The number of amides is 1. The van der Waals surface area contributed by atoms with Crippen molar-refractivity contribution in [1.82, 2.24) is 9.88 Å². The number of anilines is 1. The summed E-state index contributed by atoms with van der Waals surface area (Å²) in [6.07, 6.45) is 2.03. The zero-order valence-electron chi connectivity index (χ0n) is 15.7. The Hall–Kier alpha value is -2.58. The molecule has 1 atom stereocenters. The summed E-state index contributed by atoms with van der Waals surface area (Å²) < 4.78 is 30.7. The molecule has 1 N–H and O–H groups in total. The average Bonchev–Trinajstić information content (AvgIpc) is 3.14. The number of thiazole rings is 1. The van der Waals surface area contributed by atoms with E-state index in [1.165, 1.54) is 10.8 Å². The number of para-hydroxylation sites is 3. The van der Waals surface area contributed by atoms with E-state index in [0.717, 1.165) is 36.5 Å². The van der Waals surface area contributed by atoms with Crippen LogP contribution < -0.4 is 10.1 Å². The number of rotatable bonds is 6. The van der Waals surface area contributed by atoms with E-state index in [1.807, 2.05) is 18.2 Å². The van der Waals surface area contributed by atoms with Crippen LogP contribution in [0.3, 0.4) is 0 Å². The monoisotopic (exact) mass is 417 g/mol. The molecule has 2 aromatic carbocycles. The first-order valence-electron chi connectivity index (χ1n) is 9.50. The number of nitrogens with one attached hydrogen (secondary N) is 1. The highest BCUT2D eigenvalue weighted by molar-refractivity contribution is 7.18. The minimum Gasteiger partial charge on any atom is -0.433 e. The van der Waals surface area contributed by atoms with Crippen LogP contribution in [-0.2, 0) is 4.79 Å². The first-order valence-corrected chi connectivity index (χ1v) is 10.3. The predicted molar refractivity (Wildman–Crippen MR) is 110 cm³/mol. The Morgan fingerprint density at radius 2 is 2.03 bits per heavy atom. The molecule has 1 aliphatic rings. The normalized spacial score (nSPS) is 17.6. The second-order valence-electron chi connectivity index (χ2n) is 7.02. The summed E-state index contributed by atoms with van der Waals surface area (Å²) in [5.41, 5.74) is 1.26. The molecule has 0 radical (unpaired) electrons. The van der Waals surface area contributed by atoms with Gasteiger partial charge in [-0.05, 0) is 43.7 Å².